The third-order valence-electron chi connectivity index (χ3n) is 5.98. The number of ether oxygens (including phenoxy) is 1. The molecule has 1 aromatic heterocycles. The van der Waals surface area contributed by atoms with Crippen LogP contribution >= 0.6 is 0 Å². The van der Waals surface area contributed by atoms with Crippen molar-refractivity contribution >= 4 is 28.7 Å². The lowest BCUT2D eigenvalue weighted by Crippen LogP contribution is -2.32. The molecule has 1 fully saturated rings. The molecule has 1 aromatic carbocycles. The number of nitrogen functional groups attached to an aromatic ring is 1. The van der Waals surface area contributed by atoms with E-state index in [9.17, 15) is 4.39 Å². The fourth-order valence-corrected chi connectivity index (χ4v) is 4.01. The molecule has 9 nitrogen and oxygen atoms in total. The summed E-state index contributed by atoms with van der Waals surface area (Å²) in [6, 6.07) is 5.97. The molecule has 2 aromatic rings. The Morgan fingerprint density at radius 1 is 1.30 bits per heavy atom. The van der Waals surface area contributed by atoms with E-state index in [1.165, 1.54) is 12.1 Å². The van der Waals surface area contributed by atoms with E-state index in [0.29, 0.717) is 39.6 Å². The number of halogens is 1. The minimum Gasteiger partial charge on any atom is -0.482 e. The molecular weight excluding hydrogens is 423 g/mol. The molecule has 172 valence electrons. The van der Waals surface area contributed by atoms with Crippen molar-refractivity contribution in [3.8, 4) is 5.75 Å². The van der Waals surface area contributed by atoms with Crippen LogP contribution in [0.3, 0.4) is 0 Å². The highest BCUT2D eigenvalue weighted by atomic mass is 19.1. The minimum atomic E-state index is -0.611. The van der Waals surface area contributed by atoms with Crippen molar-refractivity contribution in [3.05, 3.63) is 53.0 Å². The molecule has 1 aliphatic heterocycles. The summed E-state index contributed by atoms with van der Waals surface area (Å²) < 4.78 is 20.2. The zero-order chi connectivity index (χ0) is 23.5. The van der Waals surface area contributed by atoms with Gasteiger partial charge in [-0.15, -0.1) is 0 Å². The van der Waals surface area contributed by atoms with Gasteiger partial charge < -0.3 is 21.7 Å². The Kier molecular flexibility index (Phi) is 6.34. The monoisotopic (exact) mass is 450 g/mol. The van der Waals surface area contributed by atoms with Crippen LogP contribution in [-0.2, 0) is 0 Å². The van der Waals surface area contributed by atoms with Crippen LogP contribution in [0, 0.1) is 17.1 Å². The van der Waals surface area contributed by atoms with Crippen molar-refractivity contribution in [1.29, 1.82) is 5.41 Å². The van der Waals surface area contributed by atoms with Crippen LogP contribution in [0.2, 0.25) is 0 Å². The summed E-state index contributed by atoms with van der Waals surface area (Å²) in [4.78, 5) is 9.07. The molecule has 0 saturated heterocycles. The van der Waals surface area contributed by atoms with E-state index in [-0.39, 0.29) is 24.0 Å². The minimum absolute atomic E-state index is 0.0898. The number of nitrogens with two attached hydrogens (primary N) is 2. The zero-order valence-electron chi connectivity index (χ0n) is 18.6. The summed E-state index contributed by atoms with van der Waals surface area (Å²) in [5.41, 5.74) is 12.2. The van der Waals surface area contributed by atoms with Crippen LogP contribution in [-0.4, -0.2) is 41.4 Å². The second-order valence-electron chi connectivity index (χ2n) is 8.06. The molecule has 2 bridgehead atoms. The van der Waals surface area contributed by atoms with Crippen LogP contribution in [0.25, 0.3) is 0 Å². The first-order chi connectivity index (χ1) is 15.9. The number of nitrogens with zero attached hydrogens (tertiary/aromatic N) is 4. The number of fused-ring (bicyclic) bond motifs is 3. The number of hydrogen-bond acceptors (Lipinski definition) is 9. The number of aromatic nitrogens is 1. The van der Waals surface area contributed by atoms with Gasteiger partial charge in [0.1, 0.15) is 17.6 Å². The zero-order valence-corrected chi connectivity index (χ0v) is 18.6. The van der Waals surface area contributed by atoms with Crippen molar-refractivity contribution in [2.45, 2.75) is 32.3 Å². The Bertz CT molecular complexity index is 1170. The van der Waals surface area contributed by atoms with E-state index in [2.05, 4.69) is 20.6 Å². The van der Waals surface area contributed by atoms with E-state index in [4.69, 9.17) is 26.7 Å². The number of anilines is 1. The van der Waals surface area contributed by atoms with E-state index >= 15 is 0 Å². The lowest BCUT2D eigenvalue weighted by atomic mass is 9.79. The van der Waals surface area contributed by atoms with E-state index in [1.54, 1.807) is 32.3 Å². The summed E-state index contributed by atoms with van der Waals surface area (Å²) in [6.45, 7) is 1.86. The molecule has 2 aliphatic rings. The molecule has 1 saturated carbocycles. The predicted octanol–water partition coefficient (Wildman–Crippen LogP) is 2.80. The first-order valence-electron chi connectivity index (χ1n) is 10.8. The maximum Gasteiger partial charge on any atom is 0.166 e. The van der Waals surface area contributed by atoms with Crippen molar-refractivity contribution in [2.24, 2.45) is 27.0 Å². The fraction of sp³-hybridized carbons (Fsp3) is 0.348. The lowest BCUT2D eigenvalue weighted by molar-refractivity contribution is 0.227. The topological polar surface area (TPSA) is 147 Å². The molecule has 1 aliphatic carbocycles. The van der Waals surface area contributed by atoms with Crippen molar-refractivity contribution in [1.82, 2.24) is 10.4 Å². The van der Waals surface area contributed by atoms with Crippen LogP contribution in [0.1, 0.15) is 49.0 Å². The number of hydrazone groups is 2. The Labute approximate surface area is 191 Å². The maximum absolute atomic E-state index is 14.1. The largest absolute Gasteiger partial charge is 0.482 e. The number of aliphatic imine (C=N–C) groups is 1. The van der Waals surface area contributed by atoms with Gasteiger partial charge in [-0.3, -0.25) is 10.4 Å². The number of rotatable bonds is 3. The smallest absolute Gasteiger partial charge is 0.166 e. The van der Waals surface area contributed by atoms with Crippen LogP contribution in [0.4, 0.5) is 10.2 Å². The Morgan fingerprint density at radius 3 is 2.76 bits per heavy atom. The summed E-state index contributed by atoms with van der Waals surface area (Å²) in [5, 5.41) is 17.2. The quantitative estimate of drug-likeness (QED) is 0.322. The van der Waals surface area contributed by atoms with Gasteiger partial charge in [0.05, 0.1) is 23.7 Å². The van der Waals surface area contributed by atoms with E-state index < -0.39 is 11.9 Å². The van der Waals surface area contributed by atoms with Gasteiger partial charge in [-0.1, -0.05) is 6.42 Å². The highest BCUT2D eigenvalue weighted by molar-refractivity contribution is 6.51. The summed E-state index contributed by atoms with van der Waals surface area (Å²) >= 11 is 0. The van der Waals surface area contributed by atoms with Gasteiger partial charge in [0, 0.05) is 35.9 Å². The standard InChI is InChI=1S/C23H27FN8O/c1-12-17-9-15(24)6-7-16(17)20(25)18(32-28-2)11-29-21(22(31-27)13-4-3-5-13)14-8-19(33-12)23(26)30-10-14/h6-10,12-13,25,28H,3-5,11,27H2,1-2H3,(H2,26,30)/b25-20?,29-21?,31-22?,32-18-/t12-/m1/s1. The molecule has 33 heavy (non-hydrogen) atoms. The van der Waals surface area contributed by atoms with Gasteiger partial charge in [0.2, 0.25) is 0 Å². The maximum atomic E-state index is 14.1. The number of benzene rings is 1. The molecule has 4 rings (SSSR count). The van der Waals surface area contributed by atoms with Gasteiger partial charge in [-0.05, 0) is 44.0 Å². The third-order valence-corrected chi connectivity index (χ3v) is 5.98. The Balaban J connectivity index is 1.91. The number of hydrogen-bond donors (Lipinski definition) is 4. The van der Waals surface area contributed by atoms with Crippen LogP contribution in [0.15, 0.2) is 45.7 Å². The van der Waals surface area contributed by atoms with Gasteiger partial charge >= 0.3 is 0 Å². The fourth-order valence-electron chi connectivity index (χ4n) is 4.01. The van der Waals surface area contributed by atoms with Gasteiger partial charge in [0.15, 0.2) is 11.6 Å². The Hall–Kier alpha value is -3.82. The summed E-state index contributed by atoms with van der Waals surface area (Å²) in [5.74, 6) is 6.10. The number of nitrogens with one attached hydrogen (secondary N) is 2. The van der Waals surface area contributed by atoms with Crippen molar-refractivity contribution < 1.29 is 9.13 Å². The molecule has 0 unspecified atom stereocenters. The molecule has 0 radical (unpaired) electrons. The normalized spacial score (nSPS) is 20.6. The third kappa shape index (κ3) is 4.41. The van der Waals surface area contributed by atoms with Crippen LogP contribution < -0.4 is 21.7 Å². The predicted molar refractivity (Wildman–Crippen MR) is 128 cm³/mol. The highest BCUT2D eigenvalue weighted by Gasteiger charge is 2.29. The molecule has 0 amide bonds. The summed E-state index contributed by atoms with van der Waals surface area (Å²) in [6.07, 6.45) is 4.05. The van der Waals surface area contributed by atoms with Crippen molar-refractivity contribution in [3.63, 3.8) is 0 Å². The second-order valence-corrected chi connectivity index (χ2v) is 8.06. The van der Waals surface area contributed by atoms with E-state index in [0.717, 1.165) is 19.3 Å². The molecule has 6 N–H and O–H groups in total. The van der Waals surface area contributed by atoms with Crippen LogP contribution in [0.5, 0.6) is 5.75 Å². The van der Waals surface area contributed by atoms with Crippen molar-refractivity contribution in [2.75, 3.05) is 19.3 Å². The highest BCUT2D eigenvalue weighted by Crippen LogP contribution is 2.32. The molecular formula is C23H27FN8O. The van der Waals surface area contributed by atoms with E-state index in [1.807, 2.05) is 0 Å². The van der Waals surface area contributed by atoms with Gasteiger partial charge in [-0.2, -0.15) is 10.2 Å². The second kappa shape index (κ2) is 9.35. The van der Waals surface area contributed by atoms with Gasteiger partial charge in [-0.25, -0.2) is 9.37 Å². The molecule has 1 atom stereocenters. The first-order valence-corrected chi connectivity index (χ1v) is 10.8. The SMILES string of the molecule is CN/N=C1/CN=C(C(=NN)C2CCC2)c2cnc(N)c(c2)O[C@H](C)c2cc(F)ccc2C1=N. The average molecular weight is 451 g/mol. The molecule has 2 heterocycles. The van der Waals surface area contributed by atoms with Gasteiger partial charge in [0.25, 0.3) is 0 Å². The summed E-state index contributed by atoms with van der Waals surface area (Å²) in [7, 11) is 1.65. The Morgan fingerprint density at radius 2 is 2.09 bits per heavy atom. The lowest BCUT2D eigenvalue weighted by Gasteiger charge is -2.28. The molecule has 10 heteroatoms. The first kappa shape index (κ1) is 22.4. The molecule has 0 spiro atoms. The average Bonchev–Trinajstić information content (AvgIpc) is 2.77. The number of pyridine rings is 1.